The van der Waals surface area contributed by atoms with Gasteiger partial charge in [0.1, 0.15) is 11.4 Å². The molecule has 4 rings (SSSR count). The topological polar surface area (TPSA) is 76.7 Å². The van der Waals surface area contributed by atoms with Crippen molar-refractivity contribution in [2.45, 2.75) is 6.61 Å². The van der Waals surface area contributed by atoms with Gasteiger partial charge in [0.2, 0.25) is 0 Å². The number of carbonyl (C=O) groups is 1. The average molecular weight is 407 g/mol. The highest BCUT2D eigenvalue weighted by molar-refractivity contribution is 6.07. The van der Waals surface area contributed by atoms with E-state index in [1.807, 2.05) is 18.2 Å². The monoisotopic (exact) mass is 407 g/mol. The molecular weight excluding hydrogens is 392 g/mol. The molecule has 0 bridgehead atoms. The number of hydrogen-bond donors (Lipinski definition) is 1. The molecule has 0 aliphatic rings. The van der Waals surface area contributed by atoms with E-state index in [9.17, 15) is 13.6 Å². The van der Waals surface area contributed by atoms with Crippen LogP contribution in [0.2, 0.25) is 0 Å². The zero-order valence-corrected chi connectivity index (χ0v) is 15.5. The normalized spacial score (nSPS) is 11.3. The van der Waals surface area contributed by atoms with Crippen molar-refractivity contribution in [2.24, 2.45) is 5.10 Å². The van der Waals surface area contributed by atoms with Crippen LogP contribution in [-0.4, -0.2) is 23.7 Å². The number of hydrazone groups is 1. The van der Waals surface area contributed by atoms with Crippen LogP contribution in [0.25, 0.3) is 22.4 Å². The molecule has 1 N–H and O–H groups in total. The van der Waals surface area contributed by atoms with Crippen LogP contribution in [-0.2, 0) is 0 Å². The van der Waals surface area contributed by atoms with E-state index >= 15 is 0 Å². The average Bonchev–Trinajstić information content (AvgIpc) is 3.29. The van der Waals surface area contributed by atoms with Gasteiger partial charge < -0.3 is 9.15 Å². The van der Waals surface area contributed by atoms with Gasteiger partial charge in [0.15, 0.2) is 5.76 Å². The van der Waals surface area contributed by atoms with Gasteiger partial charge in [0, 0.05) is 5.39 Å². The lowest BCUT2D eigenvalue weighted by atomic mass is 10.1. The molecular formula is C22H15F2N3O3. The molecule has 30 heavy (non-hydrogen) atoms. The molecule has 1 amide bonds. The third kappa shape index (κ3) is 4.33. The van der Waals surface area contributed by atoms with E-state index in [4.69, 9.17) is 4.42 Å². The van der Waals surface area contributed by atoms with Crippen molar-refractivity contribution in [3.8, 4) is 17.2 Å². The number of nitrogens with one attached hydrogen (secondary N) is 1. The van der Waals surface area contributed by atoms with Crippen molar-refractivity contribution in [1.29, 1.82) is 0 Å². The summed E-state index contributed by atoms with van der Waals surface area (Å²) in [5.41, 5.74) is 4.66. The number of ether oxygens (including phenoxy) is 1. The minimum absolute atomic E-state index is 0.0416. The fraction of sp³-hybridized carbons (Fsp3) is 0.0455. The third-order valence-electron chi connectivity index (χ3n) is 4.22. The highest BCUT2D eigenvalue weighted by Crippen LogP contribution is 2.25. The molecule has 150 valence electrons. The Balaban J connectivity index is 1.55. The first-order valence-corrected chi connectivity index (χ1v) is 8.92. The smallest absolute Gasteiger partial charge is 0.387 e. The second kappa shape index (κ2) is 8.52. The van der Waals surface area contributed by atoms with Gasteiger partial charge in [-0.1, -0.05) is 18.2 Å². The second-order valence-electron chi connectivity index (χ2n) is 6.20. The molecule has 0 unspecified atom stereocenters. The van der Waals surface area contributed by atoms with Crippen molar-refractivity contribution in [1.82, 2.24) is 10.4 Å². The van der Waals surface area contributed by atoms with E-state index in [1.54, 1.807) is 36.4 Å². The molecule has 0 aliphatic heterocycles. The summed E-state index contributed by atoms with van der Waals surface area (Å²) in [7, 11) is 0. The number of fused-ring (bicyclic) bond motifs is 1. The fourth-order valence-corrected chi connectivity index (χ4v) is 2.87. The highest BCUT2D eigenvalue weighted by atomic mass is 19.3. The summed E-state index contributed by atoms with van der Waals surface area (Å²) in [4.78, 5) is 17.3. The summed E-state index contributed by atoms with van der Waals surface area (Å²) in [6.45, 7) is -2.88. The predicted octanol–water partition coefficient (Wildman–Crippen LogP) is 4.86. The number of furan rings is 1. The SMILES string of the molecule is O=C(NN=Cc1ccc(OC(F)F)cc1)c1cc(-c2ccco2)nc2ccccc12. The fourth-order valence-electron chi connectivity index (χ4n) is 2.87. The number of para-hydroxylation sites is 1. The van der Waals surface area contributed by atoms with Crippen molar-refractivity contribution in [3.63, 3.8) is 0 Å². The van der Waals surface area contributed by atoms with Crippen molar-refractivity contribution in [2.75, 3.05) is 0 Å². The molecule has 0 radical (unpaired) electrons. The Morgan fingerprint density at radius 3 is 2.63 bits per heavy atom. The lowest BCUT2D eigenvalue weighted by molar-refractivity contribution is -0.0498. The zero-order valence-electron chi connectivity index (χ0n) is 15.5. The molecule has 8 heteroatoms. The van der Waals surface area contributed by atoms with Gasteiger partial charge in [-0.15, -0.1) is 0 Å². The molecule has 0 aliphatic carbocycles. The van der Waals surface area contributed by atoms with Crippen LogP contribution >= 0.6 is 0 Å². The Labute approximate surface area is 169 Å². The number of nitrogens with zero attached hydrogens (tertiary/aromatic N) is 2. The van der Waals surface area contributed by atoms with Crippen LogP contribution in [0.15, 0.2) is 82.5 Å². The molecule has 6 nitrogen and oxygen atoms in total. The number of alkyl halides is 2. The first-order valence-electron chi connectivity index (χ1n) is 8.92. The Kier molecular flexibility index (Phi) is 5.47. The molecule has 0 spiro atoms. The maximum absolute atomic E-state index is 12.8. The summed E-state index contributed by atoms with van der Waals surface area (Å²) in [6, 6.07) is 18.3. The van der Waals surface area contributed by atoms with E-state index in [-0.39, 0.29) is 5.75 Å². The number of hydrogen-bond acceptors (Lipinski definition) is 5. The van der Waals surface area contributed by atoms with Crippen LogP contribution in [0.3, 0.4) is 0 Å². The Hall–Kier alpha value is -4.07. The standard InChI is InChI=1S/C22H15F2N3O3/c23-22(24)30-15-9-7-14(8-10-15)13-25-27-21(28)17-12-19(20-6-3-11-29-20)26-18-5-2-1-4-16(17)18/h1-13,22H,(H,27,28). The number of amides is 1. The van der Waals surface area contributed by atoms with Crippen LogP contribution in [0.1, 0.15) is 15.9 Å². The van der Waals surface area contributed by atoms with Gasteiger partial charge in [-0.05, 0) is 54.1 Å². The van der Waals surface area contributed by atoms with Crippen LogP contribution < -0.4 is 10.2 Å². The van der Waals surface area contributed by atoms with E-state index in [0.29, 0.717) is 33.5 Å². The van der Waals surface area contributed by atoms with Crippen molar-refractivity contribution >= 4 is 23.0 Å². The van der Waals surface area contributed by atoms with Gasteiger partial charge in [0.25, 0.3) is 5.91 Å². The minimum atomic E-state index is -2.88. The van der Waals surface area contributed by atoms with E-state index < -0.39 is 12.5 Å². The van der Waals surface area contributed by atoms with Gasteiger partial charge in [0.05, 0.1) is 23.6 Å². The summed E-state index contributed by atoms with van der Waals surface area (Å²) in [5.74, 6) is 0.166. The molecule has 0 saturated carbocycles. The maximum atomic E-state index is 12.8. The zero-order chi connectivity index (χ0) is 20.9. The number of aromatic nitrogens is 1. The van der Waals surface area contributed by atoms with Crippen LogP contribution in [0, 0.1) is 0 Å². The van der Waals surface area contributed by atoms with E-state index in [2.05, 4.69) is 20.2 Å². The van der Waals surface area contributed by atoms with E-state index in [0.717, 1.165) is 0 Å². The first-order chi connectivity index (χ1) is 14.6. The third-order valence-corrected chi connectivity index (χ3v) is 4.22. The lowest BCUT2D eigenvalue weighted by Gasteiger charge is -2.07. The van der Waals surface area contributed by atoms with Gasteiger partial charge in [-0.25, -0.2) is 10.4 Å². The van der Waals surface area contributed by atoms with Crippen molar-refractivity contribution < 1.29 is 22.7 Å². The highest BCUT2D eigenvalue weighted by Gasteiger charge is 2.14. The number of halogens is 2. The number of carbonyl (C=O) groups excluding carboxylic acids is 1. The Morgan fingerprint density at radius 1 is 1.10 bits per heavy atom. The molecule has 0 saturated heterocycles. The maximum Gasteiger partial charge on any atom is 0.387 e. The lowest BCUT2D eigenvalue weighted by Crippen LogP contribution is -2.18. The quantitative estimate of drug-likeness (QED) is 0.366. The predicted molar refractivity (Wildman–Crippen MR) is 108 cm³/mol. The molecule has 0 fully saturated rings. The van der Waals surface area contributed by atoms with Crippen LogP contribution in [0.5, 0.6) is 5.75 Å². The molecule has 2 heterocycles. The van der Waals surface area contributed by atoms with Crippen LogP contribution in [0.4, 0.5) is 8.78 Å². The number of rotatable bonds is 6. The van der Waals surface area contributed by atoms with Gasteiger partial charge in [-0.2, -0.15) is 13.9 Å². The largest absolute Gasteiger partial charge is 0.463 e. The molecule has 0 atom stereocenters. The molecule has 2 aromatic heterocycles. The van der Waals surface area contributed by atoms with Gasteiger partial charge in [-0.3, -0.25) is 4.79 Å². The second-order valence-corrected chi connectivity index (χ2v) is 6.20. The first kappa shape index (κ1) is 19.3. The summed E-state index contributed by atoms with van der Waals surface area (Å²) < 4.78 is 34.1. The van der Waals surface area contributed by atoms with E-state index in [1.165, 1.54) is 24.6 Å². The summed E-state index contributed by atoms with van der Waals surface area (Å²) in [5, 5.41) is 4.63. The Morgan fingerprint density at radius 2 is 1.90 bits per heavy atom. The minimum Gasteiger partial charge on any atom is -0.463 e. The Bertz CT molecular complexity index is 1190. The summed E-state index contributed by atoms with van der Waals surface area (Å²) in [6.07, 6.45) is 2.94. The van der Waals surface area contributed by atoms with Gasteiger partial charge >= 0.3 is 6.61 Å². The molecule has 2 aromatic carbocycles. The molecule has 4 aromatic rings. The number of pyridine rings is 1. The van der Waals surface area contributed by atoms with Crippen molar-refractivity contribution in [3.05, 3.63) is 84.1 Å². The summed E-state index contributed by atoms with van der Waals surface area (Å²) >= 11 is 0. The number of benzene rings is 2.